The van der Waals surface area contributed by atoms with Crippen molar-refractivity contribution in [3.8, 4) is 0 Å². The summed E-state index contributed by atoms with van der Waals surface area (Å²) in [7, 11) is 0. The number of aryl methyl sites for hydroxylation is 2. The van der Waals surface area contributed by atoms with Gasteiger partial charge in [-0.25, -0.2) is 0 Å². The molecule has 1 heterocycles. The monoisotopic (exact) mass is 347 g/mol. The Morgan fingerprint density at radius 1 is 1.25 bits per heavy atom. The highest BCUT2D eigenvalue weighted by molar-refractivity contribution is 6.31. The SMILES string of the molecule is CCC(NC(=O)C(C)Cn1nc(C)c(Cl)c1C)c1ccc(C)cc1. The molecule has 2 aromatic rings. The van der Waals surface area contributed by atoms with Gasteiger partial charge < -0.3 is 5.32 Å². The molecule has 1 aromatic heterocycles. The first-order valence-electron chi connectivity index (χ1n) is 8.39. The van der Waals surface area contributed by atoms with Crippen molar-refractivity contribution < 1.29 is 4.79 Å². The molecule has 4 nitrogen and oxygen atoms in total. The van der Waals surface area contributed by atoms with E-state index in [4.69, 9.17) is 11.6 Å². The third-order valence-corrected chi connectivity index (χ3v) is 4.94. The quantitative estimate of drug-likeness (QED) is 0.843. The molecule has 2 atom stereocenters. The van der Waals surface area contributed by atoms with Crippen molar-refractivity contribution in [1.29, 1.82) is 0 Å². The number of halogens is 1. The number of carbonyl (C=O) groups excluding carboxylic acids is 1. The predicted octanol–water partition coefficient (Wildman–Crippen LogP) is 4.37. The number of amides is 1. The molecule has 0 aliphatic rings. The maximum atomic E-state index is 12.6. The van der Waals surface area contributed by atoms with Gasteiger partial charge in [-0.05, 0) is 32.8 Å². The van der Waals surface area contributed by atoms with Crippen molar-refractivity contribution in [1.82, 2.24) is 15.1 Å². The number of aromatic nitrogens is 2. The van der Waals surface area contributed by atoms with Gasteiger partial charge in [0.25, 0.3) is 0 Å². The molecule has 1 amide bonds. The lowest BCUT2D eigenvalue weighted by molar-refractivity contribution is -0.125. The van der Waals surface area contributed by atoms with E-state index in [0.29, 0.717) is 11.6 Å². The molecule has 0 fully saturated rings. The molecular weight excluding hydrogens is 322 g/mol. The van der Waals surface area contributed by atoms with E-state index in [9.17, 15) is 4.79 Å². The van der Waals surface area contributed by atoms with Crippen LogP contribution in [0.1, 0.15) is 48.8 Å². The molecule has 5 heteroatoms. The maximum Gasteiger partial charge on any atom is 0.225 e. The summed E-state index contributed by atoms with van der Waals surface area (Å²) in [5.74, 6) is -0.148. The van der Waals surface area contributed by atoms with Gasteiger partial charge in [-0.3, -0.25) is 9.48 Å². The van der Waals surface area contributed by atoms with E-state index < -0.39 is 0 Å². The summed E-state index contributed by atoms with van der Waals surface area (Å²) < 4.78 is 1.81. The summed E-state index contributed by atoms with van der Waals surface area (Å²) in [5, 5.41) is 8.23. The van der Waals surface area contributed by atoms with Gasteiger partial charge in [0, 0.05) is 0 Å². The number of nitrogens with zero attached hydrogens (tertiary/aromatic N) is 2. The molecule has 0 aliphatic carbocycles. The molecule has 1 aromatic carbocycles. The van der Waals surface area contributed by atoms with Crippen LogP contribution in [0.4, 0.5) is 0 Å². The van der Waals surface area contributed by atoms with Crippen molar-refractivity contribution in [2.75, 3.05) is 0 Å². The molecule has 0 radical (unpaired) electrons. The molecule has 2 rings (SSSR count). The van der Waals surface area contributed by atoms with Gasteiger partial charge >= 0.3 is 0 Å². The molecule has 0 saturated heterocycles. The number of benzene rings is 1. The number of nitrogens with one attached hydrogen (secondary N) is 1. The fourth-order valence-corrected chi connectivity index (χ4v) is 2.86. The fourth-order valence-electron chi connectivity index (χ4n) is 2.73. The number of carbonyl (C=O) groups is 1. The summed E-state index contributed by atoms with van der Waals surface area (Å²) in [6.07, 6.45) is 0.854. The first-order chi connectivity index (χ1) is 11.3. The zero-order chi connectivity index (χ0) is 17.9. The van der Waals surface area contributed by atoms with Crippen molar-refractivity contribution in [3.63, 3.8) is 0 Å². The van der Waals surface area contributed by atoms with Crippen LogP contribution in [0.25, 0.3) is 0 Å². The fraction of sp³-hybridized carbons (Fsp3) is 0.474. The standard InChI is InChI=1S/C19H26ClN3O/c1-6-17(16-9-7-12(2)8-10-16)21-19(24)13(3)11-23-15(5)18(20)14(4)22-23/h7-10,13,17H,6,11H2,1-5H3,(H,21,24). The van der Waals surface area contributed by atoms with E-state index in [0.717, 1.165) is 23.4 Å². The molecule has 130 valence electrons. The third-order valence-electron chi connectivity index (χ3n) is 4.39. The van der Waals surface area contributed by atoms with E-state index in [1.165, 1.54) is 5.56 Å². The zero-order valence-corrected chi connectivity index (χ0v) is 15.8. The number of hydrogen-bond donors (Lipinski definition) is 1. The third kappa shape index (κ3) is 4.18. The second kappa shape index (κ2) is 7.84. The van der Waals surface area contributed by atoms with E-state index in [-0.39, 0.29) is 17.9 Å². The van der Waals surface area contributed by atoms with Crippen LogP contribution in [0.2, 0.25) is 5.02 Å². The molecule has 0 saturated carbocycles. The Bertz CT molecular complexity index is 706. The van der Waals surface area contributed by atoms with Crippen molar-refractivity contribution in [2.45, 2.75) is 53.6 Å². The summed E-state index contributed by atoms with van der Waals surface area (Å²) in [6, 6.07) is 8.34. The molecule has 2 unspecified atom stereocenters. The lowest BCUT2D eigenvalue weighted by atomic mass is 10.0. The van der Waals surface area contributed by atoms with Gasteiger partial charge in [-0.2, -0.15) is 5.10 Å². The van der Waals surface area contributed by atoms with Gasteiger partial charge in [-0.1, -0.05) is 55.3 Å². The Hall–Kier alpha value is -1.81. The molecule has 0 aliphatic heterocycles. The first-order valence-corrected chi connectivity index (χ1v) is 8.77. The van der Waals surface area contributed by atoms with Crippen LogP contribution in [0.5, 0.6) is 0 Å². The largest absolute Gasteiger partial charge is 0.349 e. The summed E-state index contributed by atoms with van der Waals surface area (Å²) in [6.45, 7) is 10.4. The van der Waals surface area contributed by atoms with Crippen LogP contribution in [0.15, 0.2) is 24.3 Å². The average Bonchev–Trinajstić information content (AvgIpc) is 2.80. The second-order valence-corrected chi connectivity index (χ2v) is 6.83. The highest BCUT2D eigenvalue weighted by Crippen LogP contribution is 2.21. The van der Waals surface area contributed by atoms with Crippen LogP contribution in [-0.2, 0) is 11.3 Å². The Kier molecular flexibility index (Phi) is 6.05. The summed E-state index contributed by atoms with van der Waals surface area (Å²) in [4.78, 5) is 12.6. The van der Waals surface area contributed by atoms with E-state index in [2.05, 4.69) is 48.5 Å². The van der Waals surface area contributed by atoms with Crippen LogP contribution in [0, 0.1) is 26.7 Å². The van der Waals surface area contributed by atoms with Crippen LogP contribution in [0.3, 0.4) is 0 Å². The van der Waals surface area contributed by atoms with Crippen LogP contribution < -0.4 is 5.32 Å². The smallest absolute Gasteiger partial charge is 0.225 e. The molecule has 1 N–H and O–H groups in total. The molecule has 24 heavy (non-hydrogen) atoms. The van der Waals surface area contributed by atoms with E-state index >= 15 is 0 Å². The Balaban J connectivity index is 2.04. The minimum atomic E-state index is -0.182. The van der Waals surface area contributed by atoms with Crippen molar-refractivity contribution in [3.05, 3.63) is 51.8 Å². The Morgan fingerprint density at radius 2 is 1.88 bits per heavy atom. The molecule has 0 spiro atoms. The average molecular weight is 348 g/mol. The highest BCUT2D eigenvalue weighted by atomic mass is 35.5. The minimum absolute atomic E-state index is 0.0320. The van der Waals surface area contributed by atoms with Gasteiger partial charge in [0.05, 0.1) is 34.9 Å². The van der Waals surface area contributed by atoms with E-state index in [1.54, 1.807) is 0 Å². The number of hydrogen-bond acceptors (Lipinski definition) is 2. The molecule has 0 bridgehead atoms. The highest BCUT2D eigenvalue weighted by Gasteiger charge is 2.20. The van der Waals surface area contributed by atoms with E-state index in [1.807, 2.05) is 25.5 Å². The minimum Gasteiger partial charge on any atom is -0.349 e. The Morgan fingerprint density at radius 3 is 2.38 bits per heavy atom. The predicted molar refractivity (Wildman–Crippen MR) is 98.2 cm³/mol. The van der Waals surface area contributed by atoms with Gasteiger partial charge in [0.1, 0.15) is 0 Å². The Labute approximate surface area is 149 Å². The lowest BCUT2D eigenvalue weighted by Gasteiger charge is -2.21. The summed E-state index contributed by atoms with van der Waals surface area (Å²) >= 11 is 6.18. The van der Waals surface area contributed by atoms with Crippen molar-refractivity contribution in [2.24, 2.45) is 5.92 Å². The van der Waals surface area contributed by atoms with Crippen LogP contribution in [-0.4, -0.2) is 15.7 Å². The lowest BCUT2D eigenvalue weighted by Crippen LogP contribution is -2.34. The van der Waals surface area contributed by atoms with Crippen molar-refractivity contribution >= 4 is 17.5 Å². The normalized spacial score (nSPS) is 13.6. The topological polar surface area (TPSA) is 46.9 Å². The molecular formula is C19H26ClN3O. The second-order valence-electron chi connectivity index (χ2n) is 6.45. The van der Waals surface area contributed by atoms with Gasteiger partial charge in [0.2, 0.25) is 5.91 Å². The van der Waals surface area contributed by atoms with Gasteiger partial charge in [-0.15, -0.1) is 0 Å². The maximum absolute atomic E-state index is 12.6. The first kappa shape index (κ1) is 18.5. The summed E-state index contributed by atoms with van der Waals surface area (Å²) in [5.41, 5.74) is 4.06. The zero-order valence-electron chi connectivity index (χ0n) is 15.1. The van der Waals surface area contributed by atoms with Gasteiger partial charge in [0.15, 0.2) is 0 Å². The number of rotatable bonds is 6. The van der Waals surface area contributed by atoms with Crippen LogP contribution >= 0.6 is 11.6 Å².